The van der Waals surface area contributed by atoms with Gasteiger partial charge in [0.15, 0.2) is 0 Å². The van der Waals surface area contributed by atoms with Crippen molar-refractivity contribution in [3.05, 3.63) is 51.3 Å². The van der Waals surface area contributed by atoms with Gasteiger partial charge in [-0.15, -0.1) is 0 Å². The number of aromatic nitrogens is 2. The normalized spacial score (nSPS) is 12.7. The van der Waals surface area contributed by atoms with E-state index in [-0.39, 0.29) is 10.0 Å². The Balaban J connectivity index is 2.52. The van der Waals surface area contributed by atoms with Crippen LogP contribution in [-0.2, 0) is 13.5 Å². The van der Waals surface area contributed by atoms with Crippen molar-refractivity contribution >= 4 is 15.9 Å². The molecule has 2 N–H and O–H groups in total. The molecule has 6 heteroatoms. The minimum atomic E-state index is -0.893. The van der Waals surface area contributed by atoms with Gasteiger partial charge in [0.2, 0.25) is 0 Å². The lowest BCUT2D eigenvalue weighted by Gasteiger charge is -2.15. The van der Waals surface area contributed by atoms with Crippen molar-refractivity contribution in [2.24, 2.45) is 12.8 Å². The smallest absolute Gasteiger partial charge is 0.145 e. The van der Waals surface area contributed by atoms with Crippen LogP contribution in [0.4, 0.5) is 8.78 Å². The Morgan fingerprint density at radius 3 is 2.68 bits per heavy atom. The van der Waals surface area contributed by atoms with E-state index in [0.29, 0.717) is 5.69 Å². The van der Waals surface area contributed by atoms with Gasteiger partial charge in [0.1, 0.15) is 11.6 Å². The number of benzene rings is 1. The first-order valence-corrected chi connectivity index (χ1v) is 6.66. The molecule has 3 nitrogen and oxygen atoms in total. The number of rotatable bonds is 3. The predicted molar refractivity (Wildman–Crippen MR) is 72.7 cm³/mol. The molecule has 19 heavy (non-hydrogen) atoms. The van der Waals surface area contributed by atoms with Crippen molar-refractivity contribution in [3.8, 4) is 0 Å². The number of hydrogen-bond acceptors (Lipinski definition) is 2. The Morgan fingerprint density at radius 1 is 1.42 bits per heavy atom. The summed E-state index contributed by atoms with van der Waals surface area (Å²) in [6.07, 6.45) is 0.740. The second-order valence-electron chi connectivity index (χ2n) is 4.27. The van der Waals surface area contributed by atoms with Crippen LogP contribution < -0.4 is 5.73 Å². The summed E-state index contributed by atoms with van der Waals surface area (Å²) in [4.78, 5) is 0. The van der Waals surface area contributed by atoms with Crippen LogP contribution in [0.1, 0.15) is 29.9 Å². The standard InChI is InChI=1S/C13H14BrF2N3/c1-3-7-6-10(19(2)18-7)13(17)11-9(15)5-4-8(14)12(11)16/h4-6,13H,3,17H2,1-2H3. The highest BCUT2D eigenvalue weighted by molar-refractivity contribution is 9.10. The molecule has 0 bridgehead atoms. The molecule has 0 fully saturated rings. The average molecular weight is 330 g/mol. The maximum Gasteiger partial charge on any atom is 0.145 e. The van der Waals surface area contributed by atoms with Crippen LogP contribution in [0.3, 0.4) is 0 Å². The van der Waals surface area contributed by atoms with Crippen molar-refractivity contribution in [1.82, 2.24) is 9.78 Å². The van der Waals surface area contributed by atoms with Gasteiger partial charge in [-0.2, -0.15) is 5.10 Å². The van der Waals surface area contributed by atoms with E-state index < -0.39 is 17.7 Å². The van der Waals surface area contributed by atoms with Gasteiger partial charge in [0.25, 0.3) is 0 Å². The largest absolute Gasteiger partial charge is 0.319 e. The van der Waals surface area contributed by atoms with E-state index in [1.54, 1.807) is 17.8 Å². The monoisotopic (exact) mass is 329 g/mol. The molecule has 0 saturated heterocycles. The second kappa shape index (κ2) is 5.38. The summed E-state index contributed by atoms with van der Waals surface area (Å²) in [6, 6.07) is 3.39. The highest BCUT2D eigenvalue weighted by atomic mass is 79.9. The third kappa shape index (κ3) is 2.55. The van der Waals surface area contributed by atoms with E-state index in [2.05, 4.69) is 21.0 Å². The maximum atomic E-state index is 14.0. The van der Waals surface area contributed by atoms with Gasteiger partial charge in [-0.05, 0) is 40.5 Å². The van der Waals surface area contributed by atoms with Gasteiger partial charge in [0.05, 0.1) is 21.9 Å². The van der Waals surface area contributed by atoms with Crippen LogP contribution in [0.25, 0.3) is 0 Å². The highest BCUT2D eigenvalue weighted by Crippen LogP contribution is 2.29. The second-order valence-corrected chi connectivity index (χ2v) is 5.13. The molecule has 1 heterocycles. The van der Waals surface area contributed by atoms with Crippen LogP contribution in [0.15, 0.2) is 22.7 Å². The molecule has 0 aliphatic carbocycles. The molecule has 0 saturated carbocycles. The van der Waals surface area contributed by atoms with Crippen molar-refractivity contribution in [2.75, 3.05) is 0 Å². The fraction of sp³-hybridized carbons (Fsp3) is 0.308. The molecular formula is C13H14BrF2N3. The average Bonchev–Trinajstić information content (AvgIpc) is 2.75. The van der Waals surface area contributed by atoms with E-state index in [1.807, 2.05) is 6.92 Å². The number of hydrogen-bond donors (Lipinski definition) is 1. The molecule has 2 aromatic rings. The molecule has 0 aliphatic heterocycles. The molecule has 0 aliphatic rings. The third-order valence-corrected chi connectivity index (χ3v) is 3.65. The van der Waals surface area contributed by atoms with E-state index in [9.17, 15) is 8.78 Å². The fourth-order valence-corrected chi connectivity index (χ4v) is 2.33. The summed E-state index contributed by atoms with van der Waals surface area (Å²) in [6.45, 7) is 1.96. The summed E-state index contributed by atoms with van der Waals surface area (Å²) in [7, 11) is 1.71. The van der Waals surface area contributed by atoms with Crippen LogP contribution in [0.2, 0.25) is 0 Å². The Hall–Kier alpha value is -1.27. The molecule has 1 atom stereocenters. The third-order valence-electron chi connectivity index (χ3n) is 3.04. The first-order valence-electron chi connectivity index (χ1n) is 5.87. The van der Waals surface area contributed by atoms with Crippen LogP contribution in [0.5, 0.6) is 0 Å². The Bertz CT molecular complexity index is 610. The summed E-state index contributed by atoms with van der Waals surface area (Å²) in [5.74, 6) is -1.33. The van der Waals surface area contributed by atoms with Gasteiger partial charge >= 0.3 is 0 Å². The Labute approximate surface area is 118 Å². The lowest BCUT2D eigenvalue weighted by Crippen LogP contribution is -2.19. The van der Waals surface area contributed by atoms with Crippen LogP contribution in [-0.4, -0.2) is 9.78 Å². The van der Waals surface area contributed by atoms with Gasteiger partial charge in [-0.1, -0.05) is 6.92 Å². The quantitative estimate of drug-likeness (QED) is 0.879. The molecule has 0 radical (unpaired) electrons. The zero-order valence-electron chi connectivity index (χ0n) is 10.6. The molecule has 1 aromatic carbocycles. The fourth-order valence-electron chi connectivity index (χ4n) is 1.98. The summed E-state index contributed by atoms with van der Waals surface area (Å²) < 4.78 is 29.6. The lowest BCUT2D eigenvalue weighted by molar-refractivity contribution is 0.529. The molecule has 1 unspecified atom stereocenters. The van der Waals surface area contributed by atoms with Gasteiger partial charge < -0.3 is 5.73 Å². The van der Waals surface area contributed by atoms with E-state index in [0.717, 1.165) is 12.1 Å². The molecule has 2 rings (SSSR count). The molecule has 0 spiro atoms. The Kier molecular flexibility index (Phi) is 4.01. The maximum absolute atomic E-state index is 14.0. The van der Waals surface area contributed by atoms with Crippen molar-refractivity contribution in [1.29, 1.82) is 0 Å². The SMILES string of the molecule is CCc1cc(C(N)c2c(F)ccc(Br)c2F)n(C)n1. The minimum absolute atomic E-state index is 0.153. The van der Waals surface area contributed by atoms with Crippen LogP contribution >= 0.6 is 15.9 Å². The van der Waals surface area contributed by atoms with Gasteiger partial charge in [-0.25, -0.2) is 8.78 Å². The number of nitrogens with zero attached hydrogens (tertiary/aromatic N) is 2. The van der Waals surface area contributed by atoms with Crippen molar-refractivity contribution in [3.63, 3.8) is 0 Å². The zero-order valence-corrected chi connectivity index (χ0v) is 12.2. The summed E-state index contributed by atoms with van der Waals surface area (Å²) in [5.41, 5.74) is 7.25. The summed E-state index contributed by atoms with van der Waals surface area (Å²) >= 11 is 3.04. The summed E-state index contributed by atoms with van der Waals surface area (Å²) in [5, 5.41) is 4.24. The molecule has 1 aromatic heterocycles. The highest BCUT2D eigenvalue weighted by Gasteiger charge is 2.23. The lowest BCUT2D eigenvalue weighted by atomic mass is 10.0. The van der Waals surface area contributed by atoms with Crippen LogP contribution in [0, 0.1) is 11.6 Å². The van der Waals surface area contributed by atoms with E-state index in [1.165, 1.54) is 12.1 Å². The van der Waals surface area contributed by atoms with Crippen molar-refractivity contribution < 1.29 is 8.78 Å². The topological polar surface area (TPSA) is 43.8 Å². The van der Waals surface area contributed by atoms with E-state index >= 15 is 0 Å². The first-order chi connectivity index (χ1) is 8.95. The number of nitrogens with two attached hydrogens (primary N) is 1. The predicted octanol–water partition coefficient (Wildman–Crippen LogP) is 3.07. The molecule has 0 amide bonds. The Morgan fingerprint density at radius 2 is 2.11 bits per heavy atom. The number of halogens is 3. The first kappa shape index (κ1) is 14.1. The minimum Gasteiger partial charge on any atom is -0.319 e. The van der Waals surface area contributed by atoms with Gasteiger partial charge in [0, 0.05) is 12.6 Å². The van der Waals surface area contributed by atoms with E-state index in [4.69, 9.17) is 5.73 Å². The molecular weight excluding hydrogens is 316 g/mol. The number of aryl methyl sites for hydroxylation is 2. The van der Waals surface area contributed by atoms with Gasteiger partial charge in [-0.3, -0.25) is 4.68 Å². The molecule has 102 valence electrons. The van der Waals surface area contributed by atoms with Crippen molar-refractivity contribution in [2.45, 2.75) is 19.4 Å². The zero-order chi connectivity index (χ0) is 14.2.